The van der Waals surface area contributed by atoms with Crippen molar-refractivity contribution < 1.29 is 14.6 Å². The Morgan fingerprint density at radius 1 is 1.57 bits per heavy atom. The molecule has 0 saturated carbocycles. The number of hydrogen-bond donors (Lipinski definition) is 1. The summed E-state index contributed by atoms with van der Waals surface area (Å²) in [7, 11) is 0. The van der Waals surface area contributed by atoms with Crippen LogP contribution in [0.2, 0.25) is 0 Å². The fraction of sp³-hybridized carbons (Fsp3) is 1.00. The molecule has 0 amide bonds. The van der Waals surface area contributed by atoms with Gasteiger partial charge in [-0.3, -0.25) is 0 Å². The topological polar surface area (TPSA) is 38.7 Å². The van der Waals surface area contributed by atoms with E-state index in [0.29, 0.717) is 0 Å². The number of thioether (sulfide) groups is 1. The Hall–Kier alpha value is 0.520. The molecule has 0 spiro atoms. The number of aliphatic hydroxyl groups excluding tert-OH is 1. The molecule has 1 unspecified atom stereocenters. The highest BCUT2D eigenvalue weighted by Crippen LogP contribution is 2.43. The van der Waals surface area contributed by atoms with E-state index in [1.807, 2.05) is 13.8 Å². The molecule has 2 saturated heterocycles. The Kier molecular flexibility index (Phi) is 3.02. The Balaban J connectivity index is 2.04. The quantitative estimate of drug-likeness (QED) is 0.735. The molecule has 0 aromatic rings. The Morgan fingerprint density at radius 2 is 2.29 bits per heavy atom. The van der Waals surface area contributed by atoms with Crippen LogP contribution in [0.25, 0.3) is 0 Å². The highest BCUT2D eigenvalue weighted by Gasteiger charge is 2.51. The molecule has 1 N–H and O–H groups in total. The first-order valence-electron chi connectivity index (χ1n) is 4.75. The maximum Gasteiger partial charge on any atom is 0.163 e. The van der Waals surface area contributed by atoms with Crippen molar-refractivity contribution in [3.8, 4) is 0 Å². The number of fused-ring (bicyclic) bond motifs is 1. The van der Waals surface area contributed by atoms with Crippen LogP contribution in [0.15, 0.2) is 0 Å². The van der Waals surface area contributed by atoms with Gasteiger partial charge in [-0.25, -0.2) is 0 Å². The van der Waals surface area contributed by atoms with Crippen LogP contribution in [0, 0.1) is 0 Å². The van der Waals surface area contributed by atoms with Crippen molar-refractivity contribution in [2.45, 2.75) is 42.5 Å². The second kappa shape index (κ2) is 3.83. The summed E-state index contributed by atoms with van der Waals surface area (Å²) in [5.74, 6) is 0.405. The molecule has 0 aromatic heterocycles. The van der Waals surface area contributed by atoms with Gasteiger partial charge < -0.3 is 14.6 Å². The molecule has 2 aliphatic rings. The Bertz CT molecular complexity index is 224. The van der Waals surface area contributed by atoms with Crippen molar-refractivity contribution in [1.82, 2.24) is 0 Å². The molecule has 2 rings (SSSR count). The number of ether oxygens (including phenoxy) is 2. The normalized spacial score (nSPS) is 42.4. The summed E-state index contributed by atoms with van der Waals surface area (Å²) in [6.07, 6.45) is 0.164. The lowest BCUT2D eigenvalue weighted by Gasteiger charge is -2.23. The average molecular weight is 239 g/mol. The van der Waals surface area contributed by atoms with Crippen LogP contribution in [0.1, 0.15) is 13.8 Å². The highest BCUT2D eigenvalue weighted by molar-refractivity contribution is 8.00. The summed E-state index contributed by atoms with van der Waals surface area (Å²) in [5.41, 5.74) is 0. The number of aliphatic hydroxyl groups is 1. The largest absolute Gasteiger partial charge is 0.395 e. The van der Waals surface area contributed by atoms with E-state index in [9.17, 15) is 0 Å². The van der Waals surface area contributed by atoms with E-state index in [1.54, 1.807) is 11.8 Å². The molecular weight excluding hydrogens is 224 g/mol. The van der Waals surface area contributed by atoms with E-state index in [2.05, 4.69) is 0 Å². The molecule has 4 atom stereocenters. The lowest BCUT2D eigenvalue weighted by Crippen LogP contribution is -2.35. The van der Waals surface area contributed by atoms with Gasteiger partial charge in [-0.05, 0) is 13.8 Å². The van der Waals surface area contributed by atoms with E-state index >= 15 is 0 Å². The van der Waals surface area contributed by atoms with Gasteiger partial charge in [0.05, 0.1) is 23.3 Å². The van der Waals surface area contributed by atoms with Gasteiger partial charge in [0.1, 0.15) is 6.10 Å². The third kappa shape index (κ3) is 1.91. The van der Waals surface area contributed by atoms with Crippen LogP contribution >= 0.6 is 23.4 Å². The predicted molar refractivity (Wildman–Crippen MR) is 56.8 cm³/mol. The second-order valence-corrected chi connectivity index (χ2v) is 5.91. The van der Waals surface area contributed by atoms with Gasteiger partial charge in [-0.1, -0.05) is 0 Å². The molecule has 82 valence electrons. The molecule has 14 heavy (non-hydrogen) atoms. The SMILES string of the molecule is CC1(C)O[C@@H]2[C@@H](CS[C@H]2C(Cl)CO)O1. The van der Waals surface area contributed by atoms with Gasteiger partial charge in [0.15, 0.2) is 5.79 Å². The van der Waals surface area contributed by atoms with Crippen LogP contribution in [0.4, 0.5) is 0 Å². The van der Waals surface area contributed by atoms with Crippen LogP contribution in [0.3, 0.4) is 0 Å². The molecule has 2 heterocycles. The average Bonchev–Trinajstić information content (AvgIpc) is 2.58. The Morgan fingerprint density at radius 3 is 2.93 bits per heavy atom. The molecule has 0 radical (unpaired) electrons. The Labute approximate surface area is 93.1 Å². The first kappa shape index (κ1) is 11.0. The minimum Gasteiger partial charge on any atom is -0.395 e. The lowest BCUT2D eigenvalue weighted by atomic mass is 10.1. The van der Waals surface area contributed by atoms with Gasteiger partial charge in [0.2, 0.25) is 0 Å². The van der Waals surface area contributed by atoms with E-state index in [1.165, 1.54) is 0 Å². The fourth-order valence-corrected chi connectivity index (χ4v) is 3.73. The first-order valence-corrected chi connectivity index (χ1v) is 6.24. The highest BCUT2D eigenvalue weighted by atomic mass is 35.5. The summed E-state index contributed by atoms with van der Waals surface area (Å²) >= 11 is 7.75. The molecule has 0 aromatic carbocycles. The van der Waals surface area contributed by atoms with Crippen molar-refractivity contribution in [2.75, 3.05) is 12.4 Å². The fourth-order valence-electron chi connectivity index (χ4n) is 1.99. The third-order valence-corrected chi connectivity index (χ3v) is 4.59. The summed E-state index contributed by atoms with van der Waals surface area (Å²) < 4.78 is 11.5. The van der Waals surface area contributed by atoms with Gasteiger partial charge in [-0.15, -0.1) is 11.6 Å². The zero-order valence-corrected chi connectivity index (χ0v) is 9.85. The lowest BCUT2D eigenvalue weighted by molar-refractivity contribution is -0.145. The summed E-state index contributed by atoms with van der Waals surface area (Å²) in [4.78, 5) is 0. The zero-order chi connectivity index (χ0) is 10.3. The molecule has 0 aliphatic carbocycles. The van der Waals surface area contributed by atoms with E-state index in [0.717, 1.165) is 5.75 Å². The number of halogens is 1. The van der Waals surface area contributed by atoms with Gasteiger partial charge >= 0.3 is 0 Å². The molecule has 5 heteroatoms. The van der Waals surface area contributed by atoms with Gasteiger partial charge in [0.25, 0.3) is 0 Å². The van der Waals surface area contributed by atoms with Crippen molar-refractivity contribution in [1.29, 1.82) is 0 Å². The van der Waals surface area contributed by atoms with Crippen LogP contribution in [-0.4, -0.2) is 46.1 Å². The van der Waals surface area contributed by atoms with Gasteiger partial charge in [0, 0.05) is 5.75 Å². The maximum absolute atomic E-state index is 9.00. The first-order chi connectivity index (χ1) is 6.53. The van der Waals surface area contributed by atoms with Crippen molar-refractivity contribution in [2.24, 2.45) is 0 Å². The third-order valence-electron chi connectivity index (χ3n) is 2.53. The minimum atomic E-state index is -0.499. The summed E-state index contributed by atoms with van der Waals surface area (Å²) in [6.45, 7) is 3.82. The van der Waals surface area contributed by atoms with E-state index < -0.39 is 5.79 Å². The van der Waals surface area contributed by atoms with E-state index in [-0.39, 0.29) is 29.4 Å². The molecular formula is C9H15ClO3S. The molecule has 2 fully saturated rings. The molecule has 0 bridgehead atoms. The zero-order valence-electron chi connectivity index (χ0n) is 8.27. The van der Waals surface area contributed by atoms with Crippen LogP contribution < -0.4 is 0 Å². The van der Waals surface area contributed by atoms with Gasteiger partial charge in [-0.2, -0.15) is 11.8 Å². The van der Waals surface area contributed by atoms with Crippen molar-refractivity contribution in [3.63, 3.8) is 0 Å². The number of alkyl halides is 1. The smallest absolute Gasteiger partial charge is 0.163 e. The van der Waals surface area contributed by atoms with Crippen LogP contribution in [-0.2, 0) is 9.47 Å². The summed E-state index contributed by atoms with van der Waals surface area (Å²) in [6, 6.07) is 0. The van der Waals surface area contributed by atoms with E-state index in [4.69, 9.17) is 26.2 Å². The predicted octanol–water partition coefficient (Wildman–Crippen LogP) is 1.22. The monoisotopic (exact) mass is 238 g/mol. The van der Waals surface area contributed by atoms with Crippen LogP contribution in [0.5, 0.6) is 0 Å². The molecule has 2 aliphatic heterocycles. The minimum absolute atomic E-state index is 0.00771. The number of rotatable bonds is 2. The maximum atomic E-state index is 9.00. The van der Waals surface area contributed by atoms with Crippen molar-refractivity contribution >= 4 is 23.4 Å². The standard InChI is InChI=1S/C9H15ClO3S/c1-9(2)12-6-4-14-8(5(10)3-11)7(6)13-9/h5-8,11H,3-4H2,1-2H3/t5?,6-,7-,8+/m1/s1. The summed E-state index contributed by atoms with van der Waals surface area (Å²) in [5, 5.41) is 8.91. The van der Waals surface area contributed by atoms with Crippen molar-refractivity contribution in [3.05, 3.63) is 0 Å². The molecule has 3 nitrogen and oxygen atoms in total. The second-order valence-electron chi connectivity index (χ2n) is 4.14. The number of hydrogen-bond acceptors (Lipinski definition) is 4.